The lowest BCUT2D eigenvalue weighted by Crippen LogP contribution is -2.54. The second-order valence-electron chi connectivity index (χ2n) is 7.78. The quantitative estimate of drug-likeness (QED) is 0.556. The maximum Gasteiger partial charge on any atom is 0.410 e. The van der Waals surface area contributed by atoms with Crippen molar-refractivity contribution in [3.05, 3.63) is 0 Å². The van der Waals surface area contributed by atoms with Crippen LogP contribution in [0.15, 0.2) is 0 Å². The van der Waals surface area contributed by atoms with Crippen LogP contribution < -0.4 is 0 Å². The SMILES string of the molecule is CC(C)(C)OC(=O)N1CCC(CCCOS(C)(=O)=O)C(C)(C(=O)O)C1. The summed E-state index contributed by atoms with van der Waals surface area (Å²) in [5.41, 5.74) is -1.75. The van der Waals surface area contributed by atoms with E-state index in [4.69, 9.17) is 8.92 Å². The summed E-state index contributed by atoms with van der Waals surface area (Å²) in [4.78, 5) is 25.5. The summed E-state index contributed by atoms with van der Waals surface area (Å²) in [6.07, 6.45) is 1.93. The number of piperidine rings is 1. The Hall–Kier alpha value is -1.35. The van der Waals surface area contributed by atoms with E-state index in [0.717, 1.165) is 6.26 Å². The summed E-state index contributed by atoms with van der Waals surface area (Å²) in [7, 11) is -3.50. The van der Waals surface area contributed by atoms with Gasteiger partial charge in [-0.2, -0.15) is 8.42 Å². The molecule has 2 atom stereocenters. The third kappa shape index (κ3) is 6.81. The van der Waals surface area contributed by atoms with Crippen LogP contribution in [-0.2, 0) is 23.8 Å². The molecule has 1 aliphatic rings. The molecule has 0 aliphatic carbocycles. The molecule has 1 rings (SSSR count). The first-order valence-electron chi connectivity index (χ1n) is 8.30. The number of carbonyl (C=O) groups is 2. The van der Waals surface area contributed by atoms with E-state index in [1.165, 1.54) is 4.90 Å². The van der Waals surface area contributed by atoms with Gasteiger partial charge in [0.1, 0.15) is 5.60 Å². The number of amides is 1. The molecule has 9 heteroatoms. The van der Waals surface area contributed by atoms with Gasteiger partial charge in [0.15, 0.2) is 0 Å². The Bertz CT molecular complexity index is 596. The summed E-state index contributed by atoms with van der Waals surface area (Å²) in [6, 6.07) is 0. The third-order valence-corrected chi connectivity index (χ3v) is 4.90. The van der Waals surface area contributed by atoms with E-state index >= 15 is 0 Å². The number of carboxylic acid groups (broad SMARTS) is 1. The van der Waals surface area contributed by atoms with Crippen LogP contribution in [0.4, 0.5) is 4.79 Å². The van der Waals surface area contributed by atoms with Crippen molar-refractivity contribution in [2.75, 3.05) is 26.0 Å². The largest absolute Gasteiger partial charge is 0.481 e. The molecule has 1 N–H and O–H groups in total. The molecule has 0 aromatic heterocycles. The van der Waals surface area contributed by atoms with Crippen LogP contribution in [0, 0.1) is 11.3 Å². The zero-order valence-electron chi connectivity index (χ0n) is 15.6. The van der Waals surface area contributed by atoms with E-state index in [9.17, 15) is 23.1 Å². The van der Waals surface area contributed by atoms with Crippen molar-refractivity contribution >= 4 is 22.2 Å². The van der Waals surface area contributed by atoms with Gasteiger partial charge in [-0.25, -0.2) is 4.79 Å². The molecule has 0 spiro atoms. The predicted octanol–water partition coefficient (Wildman–Crippen LogP) is 2.09. The molecule has 146 valence electrons. The van der Waals surface area contributed by atoms with Crippen LogP contribution in [0.2, 0.25) is 0 Å². The zero-order valence-corrected chi connectivity index (χ0v) is 16.4. The minimum atomic E-state index is -3.50. The number of ether oxygens (including phenoxy) is 1. The fourth-order valence-corrected chi connectivity index (χ4v) is 3.38. The second-order valence-corrected chi connectivity index (χ2v) is 9.42. The predicted molar refractivity (Wildman–Crippen MR) is 91.7 cm³/mol. The van der Waals surface area contributed by atoms with E-state index in [-0.39, 0.29) is 19.1 Å². The van der Waals surface area contributed by atoms with Gasteiger partial charge in [-0.1, -0.05) is 0 Å². The highest BCUT2D eigenvalue weighted by Crippen LogP contribution is 2.39. The van der Waals surface area contributed by atoms with Gasteiger partial charge in [-0.05, 0) is 52.9 Å². The van der Waals surface area contributed by atoms with Gasteiger partial charge >= 0.3 is 12.1 Å². The summed E-state index contributed by atoms with van der Waals surface area (Å²) in [5, 5.41) is 9.68. The lowest BCUT2D eigenvalue weighted by atomic mass is 9.70. The monoisotopic (exact) mass is 379 g/mol. The van der Waals surface area contributed by atoms with Crippen molar-refractivity contribution < 1.29 is 32.0 Å². The van der Waals surface area contributed by atoms with Gasteiger partial charge in [0.25, 0.3) is 10.1 Å². The van der Waals surface area contributed by atoms with Crippen LogP contribution >= 0.6 is 0 Å². The van der Waals surface area contributed by atoms with Gasteiger partial charge < -0.3 is 14.7 Å². The van der Waals surface area contributed by atoms with Crippen molar-refractivity contribution in [3.63, 3.8) is 0 Å². The average molecular weight is 379 g/mol. The van der Waals surface area contributed by atoms with E-state index < -0.39 is 33.2 Å². The van der Waals surface area contributed by atoms with E-state index in [1.54, 1.807) is 27.7 Å². The molecule has 0 radical (unpaired) electrons. The number of carboxylic acids is 1. The topological polar surface area (TPSA) is 110 Å². The maximum absolute atomic E-state index is 12.2. The summed E-state index contributed by atoms with van der Waals surface area (Å²) in [6.45, 7) is 7.40. The highest BCUT2D eigenvalue weighted by molar-refractivity contribution is 7.85. The number of hydrogen-bond acceptors (Lipinski definition) is 6. The van der Waals surface area contributed by atoms with Gasteiger partial charge in [0.2, 0.25) is 0 Å². The Balaban J connectivity index is 2.71. The van der Waals surface area contributed by atoms with E-state index in [1.807, 2.05) is 0 Å². The number of likely N-dealkylation sites (tertiary alicyclic amines) is 1. The molecule has 25 heavy (non-hydrogen) atoms. The van der Waals surface area contributed by atoms with Crippen molar-refractivity contribution in [2.45, 2.75) is 52.6 Å². The van der Waals surface area contributed by atoms with Crippen LogP contribution in [0.1, 0.15) is 47.0 Å². The highest BCUT2D eigenvalue weighted by atomic mass is 32.2. The number of rotatable bonds is 6. The van der Waals surface area contributed by atoms with Crippen molar-refractivity contribution in [1.29, 1.82) is 0 Å². The fourth-order valence-electron chi connectivity index (χ4n) is 2.96. The Labute approximate surface area is 149 Å². The molecule has 2 unspecified atom stereocenters. The molecule has 1 amide bonds. The van der Waals surface area contributed by atoms with Crippen LogP contribution in [0.3, 0.4) is 0 Å². The molecule has 1 saturated heterocycles. The smallest absolute Gasteiger partial charge is 0.410 e. The van der Waals surface area contributed by atoms with Crippen molar-refractivity contribution in [2.24, 2.45) is 11.3 Å². The summed E-state index contributed by atoms with van der Waals surface area (Å²) >= 11 is 0. The Morgan fingerprint density at radius 2 is 1.92 bits per heavy atom. The van der Waals surface area contributed by atoms with Crippen LogP contribution in [0.5, 0.6) is 0 Å². The second kappa shape index (κ2) is 7.90. The number of aliphatic carboxylic acids is 1. The molecular formula is C16H29NO7S. The fraction of sp³-hybridized carbons (Fsp3) is 0.875. The van der Waals surface area contributed by atoms with E-state index in [2.05, 4.69) is 0 Å². The highest BCUT2D eigenvalue weighted by Gasteiger charge is 2.47. The molecular weight excluding hydrogens is 350 g/mol. The van der Waals surface area contributed by atoms with Gasteiger partial charge in [-0.3, -0.25) is 8.98 Å². The molecule has 0 aromatic carbocycles. The molecule has 0 bridgehead atoms. The van der Waals surface area contributed by atoms with E-state index in [0.29, 0.717) is 25.8 Å². The molecule has 0 saturated carbocycles. The first kappa shape index (κ1) is 21.7. The summed E-state index contributed by atoms with van der Waals surface area (Å²) < 4.78 is 32.0. The van der Waals surface area contributed by atoms with Crippen LogP contribution in [-0.4, -0.2) is 62.0 Å². The van der Waals surface area contributed by atoms with Crippen molar-refractivity contribution in [3.8, 4) is 0 Å². The maximum atomic E-state index is 12.2. The number of hydrogen-bond donors (Lipinski definition) is 1. The van der Waals surface area contributed by atoms with Crippen LogP contribution in [0.25, 0.3) is 0 Å². The number of carbonyl (C=O) groups excluding carboxylic acids is 1. The minimum absolute atomic E-state index is 0.0286. The summed E-state index contributed by atoms with van der Waals surface area (Å²) in [5.74, 6) is -1.15. The molecule has 0 aromatic rings. The molecule has 1 aliphatic heterocycles. The van der Waals surface area contributed by atoms with Gasteiger partial charge in [0.05, 0.1) is 18.3 Å². The first-order chi connectivity index (χ1) is 11.2. The Morgan fingerprint density at radius 3 is 2.40 bits per heavy atom. The Kier molecular flexibility index (Phi) is 6.86. The first-order valence-corrected chi connectivity index (χ1v) is 10.1. The Morgan fingerprint density at radius 1 is 1.32 bits per heavy atom. The lowest BCUT2D eigenvalue weighted by Gasteiger charge is -2.43. The molecule has 8 nitrogen and oxygen atoms in total. The lowest BCUT2D eigenvalue weighted by molar-refractivity contribution is -0.155. The third-order valence-electron chi connectivity index (χ3n) is 4.30. The zero-order chi connectivity index (χ0) is 19.5. The molecule has 1 fully saturated rings. The van der Waals surface area contributed by atoms with Crippen molar-refractivity contribution in [1.82, 2.24) is 4.90 Å². The van der Waals surface area contributed by atoms with Gasteiger partial charge in [-0.15, -0.1) is 0 Å². The van der Waals surface area contributed by atoms with Gasteiger partial charge in [0, 0.05) is 13.1 Å². The standard InChI is InChI=1S/C16H29NO7S/c1-15(2,3)24-14(20)17-9-8-12(16(4,11-17)13(18)19)7-6-10-23-25(5,21)22/h12H,6-11H2,1-5H3,(H,18,19). The minimum Gasteiger partial charge on any atom is -0.481 e. The molecule has 1 heterocycles. The average Bonchev–Trinajstić information content (AvgIpc) is 2.41. The normalized spacial score (nSPS) is 24.8. The number of nitrogens with zero attached hydrogens (tertiary/aromatic N) is 1.